The Bertz CT molecular complexity index is 412. The molecule has 0 saturated heterocycles. The minimum absolute atomic E-state index is 0.0495. The Labute approximate surface area is 100.0 Å². The highest BCUT2D eigenvalue weighted by atomic mass is 19.1. The molecule has 0 heterocycles. The molecule has 0 radical (unpaired) electrons. The highest BCUT2D eigenvalue weighted by Crippen LogP contribution is 2.12. The minimum atomic E-state index is -0.916. The molecule has 92 valence electrons. The number of halogens is 1. The van der Waals surface area contributed by atoms with E-state index in [1.165, 1.54) is 12.1 Å². The van der Waals surface area contributed by atoms with Crippen molar-refractivity contribution in [1.29, 1.82) is 0 Å². The molecular weight excluding hydrogens is 221 g/mol. The molecule has 0 aromatic heterocycles. The van der Waals surface area contributed by atoms with Gasteiger partial charge in [0.1, 0.15) is 5.82 Å². The van der Waals surface area contributed by atoms with E-state index < -0.39 is 5.97 Å². The zero-order valence-corrected chi connectivity index (χ0v) is 9.90. The van der Waals surface area contributed by atoms with Gasteiger partial charge in [0.05, 0.1) is 0 Å². The van der Waals surface area contributed by atoms with Crippen LogP contribution in [-0.4, -0.2) is 17.6 Å². The van der Waals surface area contributed by atoms with Crippen LogP contribution in [0.4, 0.5) is 4.39 Å². The standard InChI is InChI=1S/C13H16FNO2/c1-9(13(16)17)7-8-15-10(2)11-3-5-12(14)6-4-11/h3-7,10,15H,8H2,1-2H3,(H,16,17)/b9-7-. The van der Waals surface area contributed by atoms with Crippen molar-refractivity contribution in [3.8, 4) is 0 Å². The molecule has 0 aliphatic rings. The number of hydrogen-bond donors (Lipinski definition) is 2. The highest BCUT2D eigenvalue weighted by molar-refractivity contribution is 5.85. The average molecular weight is 237 g/mol. The zero-order valence-electron chi connectivity index (χ0n) is 9.90. The van der Waals surface area contributed by atoms with Crippen molar-refractivity contribution in [3.05, 3.63) is 47.3 Å². The number of hydrogen-bond acceptors (Lipinski definition) is 2. The first-order chi connectivity index (χ1) is 8.00. The van der Waals surface area contributed by atoms with E-state index in [0.29, 0.717) is 12.1 Å². The number of carboxylic acids is 1. The summed E-state index contributed by atoms with van der Waals surface area (Å²) in [6.07, 6.45) is 1.61. The largest absolute Gasteiger partial charge is 0.478 e. The molecule has 1 aromatic rings. The third-order valence-corrected chi connectivity index (χ3v) is 2.54. The first-order valence-electron chi connectivity index (χ1n) is 5.39. The van der Waals surface area contributed by atoms with Gasteiger partial charge in [-0.25, -0.2) is 9.18 Å². The molecule has 1 rings (SSSR count). The van der Waals surface area contributed by atoms with Crippen LogP contribution in [0.5, 0.6) is 0 Å². The summed E-state index contributed by atoms with van der Waals surface area (Å²) >= 11 is 0. The van der Waals surface area contributed by atoms with Crippen LogP contribution in [0.2, 0.25) is 0 Å². The monoisotopic (exact) mass is 237 g/mol. The SMILES string of the molecule is C/C(=C/CNC(C)c1ccc(F)cc1)C(=O)O. The lowest BCUT2D eigenvalue weighted by molar-refractivity contribution is -0.132. The molecule has 17 heavy (non-hydrogen) atoms. The van der Waals surface area contributed by atoms with Crippen molar-refractivity contribution in [3.63, 3.8) is 0 Å². The van der Waals surface area contributed by atoms with E-state index in [4.69, 9.17) is 5.11 Å². The van der Waals surface area contributed by atoms with Gasteiger partial charge in [-0.2, -0.15) is 0 Å². The van der Waals surface area contributed by atoms with Gasteiger partial charge in [0.2, 0.25) is 0 Å². The fraction of sp³-hybridized carbons (Fsp3) is 0.308. The Hall–Kier alpha value is -1.68. The summed E-state index contributed by atoms with van der Waals surface area (Å²) in [4.78, 5) is 10.5. The predicted molar refractivity (Wildman–Crippen MR) is 64.2 cm³/mol. The van der Waals surface area contributed by atoms with Crippen molar-refractivity contribution in [1.82, 2.24) is 5.32 Å². The van der Waals surface area contributed by atoms with Gasteiger partial charge in [0, 0.05) is 18.2 Å². The number of rotatable bonds is 5. The molecule has 0 aliphatic carbocycles. The Morgan fingerprint density at radius 3 is 2.59 bits per heavy atom. The van der Waals surface area contributed by atoms with Crippen molar-refractivity contribution in [2.75, 3.05) is 6.54 Å². The molecular formula is C13H16FNO2. The fourth-order valence-corrected chi connectivity index (χ4v) is 1.35. The maximum Gasteiger partial charge on any atom is 0.330 e. The summed E-state index contributed by atoms with van der Waals surface area (Å²) in [6, 6.07) is 6.28. The van der Waals surface area contributed by atoms with Crippen LogP contribution >= 0.6 is 0 Å². The van der Waals surface area contributed by atoms with Gasteiger partial charge in [0.15, 0.2) is 0 Å². The van der Waals surface area contributed by atoms with E-state index in [1.54, 1.807) is 25.1 Å². The minimum Gasteiger partial charge on any atom is -0.478 e. The predicted octanol–water partition coefficient (Wildman–Crippen LogP) is 2.51. The maximum atomic E-state index is 12.7. The van der Waals surface area contributed by atoms with Crippen LogP contribution in [0.15, 0.2) is 35.9 Å². The Morgan fingerprint density at radius 2 is 2.06 bits per heavy atom. The molecule has 0 amide bonds. The Balaban J connectivity index is 2.50. The molecule has 0 bridgehead atoms. The number of benzene rings is 1. The van der Waals surface area contributed by atoms with Gasteiger partial charge in [-0.1, -0.05) is 18.2 Å². The third-order valence-electron chi connectivity index (χ3n) is 2.54. The molecule has 1 aromatic carbocycles. The van der Waals surface area contributed by atoms with Crippen molar-refractivity contribution < 1.29 is 14.3 Å². The molecule has 1 atom stereocenters. The van der Waals surface area contributed by atoms with Gasteiger partial charge >= 0.3 is 5.97 Å². The van der Waals surface area contributed by atoms with E-state index in [2.05, 4.69) is 5.32 Å². The van der Waals surface area contributed by atoms with Crippen LogP contribution in [0.3, 0.4) is 0 Å². The number of aliphatic carboxylic acids is 1. The molecule has 0 saturated carbocycles. The molecule has 0 fully saturated rings. The van der Waals surface area contributed by atoms with E-state index in [1.807, 2.05) is 6.92 Å². The summed E-state index contributed by atoms with van der Waals surface area (Å²) in [7, 11) is 0. The van der Waals surface area contributed by atoms with E-state index in [9.17, 15) is 9.18 Å². The molecule has 0 spiro atoms. The first kappa shape index (κ1) is 13.4. The Kier molecular flexibility index (Phi) is 4.84. The second-order valence-corrected chi connectivity index (χ2v) is 3.87. The van der Waals surface area contributed by atoms with Crippen LogP contribution in [0.25, 0.3) is 0 Å². The molecule has 4 heteroatoms. The Morgan fingerprint density at radius 1 is 1.47 bits per heavy atom. The first-order valence-corrected chi connectivity index (χ1v) is 5.39. The van der Waals surface area contributed by atoms with E-state index in [0.717, 1.165) is 5.56 Å². The molecule has 1 unspecified atom stereocenters. The van der Waals surface area contributed by atoms with Crippen LogP contribution in [-0.2, 0) is 4.79 Å². The highest BCUT2D eigenvalue weighted by Gasteiger charge is 2.04. The second kappa shape index (κ2) is 6.15. The lowest BCUT2D eigenvalue weighted by atomic mass is 10.1. The van der Waals surface area contributed by atoms with Gasteiger partial charge in [-0.05, 0) is 31.5 Å². The third kappa shape index (κ3) is 4.36. The quantitative estimate of drug-likeness (QED) is 0.773. The number of carboxylic acid groups (broad SMARTS) is 1. The fourth-order valence-electron chi connectivity index (χ4n) is 1.35. The van der Waals surface area contributed by atoms with Gasteiger partial charge in [-0.15, -0.1) is 0 Å². The number of nitrogens with one attached hydrogen (secondary N) is 1. The van der Waals surface area contributed by atoms with Crippen molar-refractivity contribution in [2.45, 2.75) is 19.9 Å². The summed E-state index contributed by atoms with van der Waals surface area (Å²) < 4.78 is 12.7. The summed E-state index contributed by atoms with van der Waals surface area (Å²) in [6.45, 7) is 3.96. The normalized spacial score (nSPS) is 13.5. The average Bonchev–Trinajstić information content (AvgIpc) is 2.29. The van der Waals surface area contributed by atoms with Crippen LogP contribution in [0, 0.1) is 5.82 Å². The lowest BCUT2D eigenvalue weighted by Crippen LogP contribution is -2.19. The lowest BCUT2D eigenvalue weighted by Gasteiger charge is -2.12. The van der Waals surface area contributed by atoms with E-state index >= 15 is 0 Å². The topological polar surface area (TPSA) is 49.3 Å². The maximum absolute atomic E-state index is 12.7. The smallest absolute Gasteiger partial charge is 0.330 e. The molecule has 0 aliphatic heterocycles. The molecule has 3 nitrogen and oxygen atoms in total. The molecule has 2 N–H and O–H groups in total. The summed E-state index contributed by atoms with van der Waals surface area (Å²) in [5, 5.41) is 11.8. The van der Waals surface area contributed by atoms with Crippen LogP contribution < -0.4 is 5.32 Å². The summed E-state index contributed by atoms with van der Waals surface area (Å²) in [5.41, 5.74) is 1.27. The van der Waals surface area contributed by atoms with Gasteiger partial charge < -0.3 is 10.4 Å². The number of carbonyl (C=O) groups is 1. The zero-order chi connectivity index (χ0) is 12.8. The van der Waals surface area contributed by atoms with Crippen molar-refractivity contribution in [2.24, 2.45) is 0 Å². The second-order valence-electron chi connectivity index (χ2n) is 3.87. The van der Waals surface area contributed by atoms with Gasteiger partial charge in [0.25, 0.3) is 0 Å². The van der Waals surface area contributed by atoms with Crippen LogP contribution in [0.1, 0.15) is 25.5 Å². The summed E-state index contributed by atoms with van der Waals surface area (Å²) in [5.74, 6) is -1.18. The van der Waals surface area contributed by atoms with Crippen molar-refractivity contribution >= 4 is 5.97 Å². The van der Waals surface area contributed by atoms with E-state index in [-0.39, 0.29) is 11.9 Å². The van der Waals surface area contributed by atoms with Gasteiger partial charge in [-0.3, -0.25) is 0 Å².